The molecule has 0 saturated carbocycles. The predicted octanol–water partition coefficient (Wildman–Crippen LogP) is 2.47. The zero-order valence-corrected chi connectivity index (χ0v) is 11.7. The topological polar surface area (TPSA) is 51.5 Å². The molecule has 0 amide bonds. The third kappa shape index (κ3) is 2.22. The van der Waals surface area contributed by atoms with Gasteiger partial charge in [0.2, 0.25) is 0 Å². The first-order chi connectivity index (χ1) is 8.74. The van der Waals surface area contributed by atoms with Gasteiger partial charge >= 0.3 is 0 Å². The smallest absolute Gasteiger partial charge is 0.180 e. The minimum Gasteiger partial charge on any atom is -0.376 e. The van der Waals surface area contributed by atoms with E-state index in [-0.39, 0.29) is 12.1 Å². The highest BCUT2D eigenvalue weighted by molar-refractivity contribution is 9.10. The van der Waals surface area contributed by atoms with E-state index in [0.29, 0.717) is 0 Å². The lowest BCUT2D eigenvalue weighted by Crippen LogP contribution is -2.30. The summed E-state index contributed by atoms with van der Waals surface area (Å²) in [6.45, 7) is 2.99. The summed E-state index contributed by atoms with van der Waals surface area (Å²) in [6, 6.07) is 0.231. The van der Waals surface area contributed by atoms with Crippen molar-refractivity contribution < 1.29 is 4.74 Å². The van der Waals surface area contributed by atoms with Crippen LogP contribution in [0.2, 0.25) is 0 Å². The summed E-state index contributed by atoms with van der Waals surface area (Å²) in [5, 5.41) is 3.40. The van der Waals surface area contributed by atoms with Crippen LogP contribution in [0.25, 0.3) is 5.65 Å². The van der Waals surface area contributed by atoms with Crippen LogP contribution in [0.3, 0.4) is 0 Å². The molecule has 0 aromatic carbocycles. The Labute approximate surface area is 114 Å². The van der Waals surface area contributed by atoms with Crippen molar-refractivity contribution in [2.75, 3.05) is 11.9 Å². The molecule has 2 unspecified atom stereocenters. The molecule has 2 atom stereocenters. The first kappa shape index (κ1) is 11.9. The van der Waals surface area contributed by atoms with Crippen LogP contribution in [0, 0.1) is 0 Å². The number of fused-ring (bicyclic) bond motifs is 1. The summed E-state index contributed by atoms with van der Waals surface area (Å²) in [7, 11) is 0. The predicted molar refractivity (Wildman–Crippen MR) is 72.7 cm³/mol. The van der Waals surface area contributed by atoms with E-state index in [1.807, 2.05) is 16.8 Å². The van der Waals surface area contributed by atoms with Crippen LogP contribution in [-0.4, -0.2) is 33.1 Å². The average molecular weight is 311 g/mol. The Balaban J connectivity index is 1.86. The molecular formula is C12H15BrN4O. The largest absolute Gasteiger partial charge is 0.376 e. The van der Waals surface area contributed by atoms with Crippen molar-refractivity contribution in [2.24, 2.45) is 0 Å². The van der Waals surface area contributed by atoms with E-state index in [4.69, 9.17) is 4.74 Å². The van der Waals surface area contributed by atoms with E-state index in [1.165, 1.54) is 0 Å². The van der Waals surface area contributed by atoms with Gasteiger partial charge < -0.3 is 14.5 Å². The molecule has 5 nitrogen and oxygen atoms in total. The van der Waals surface area contributed by atoms with Crippen molar-refractivity contribution >= 4 is 27.4 Å². The van der Waals surface area contributed by atoms with Gasteiger partial charge in [-0.3, -0.25) is 0 Å². The molecule has 0 radical (unpaired) electrons. The van der Waals surface area contributed by atoms with E-state index in [0.717, 1.165) is 35.5 Å². The fourth-order valence-electron chi connectivity index (χ4n) is 2.30. The molecule has 3 heterocycles. The second-order valence-corrected chi connectivity index (χ2v) is 5.37. The number of hydrogen-bond acceptors (Lipinski definition) is 4. The van der Waals surface area contributed by atoms with Gasteiger partial charge in [-0.05, 0) is 35.7 Å². The molecule has 1 aliphatic heterocycles. The number of nitrogens with zero attached hydrogens (tertiary/aromatic N) is 3. The van der Waals surface area contributed by atoms with Gasteiger partial charge in [0.05, 0.1) is 12.1 Å². The first-order valence-electron chi connectivity index (χ1n) is 6.11. The van der Waals surface area contributed by atoms with E-state index < -0.39 is 0 Å². The Morgan fingerprint density at radius 1 is 1.61 bits per heavy atom. The summed E-state index contributed by atoms with van der Waals surface area (Å²) >= 11 is 3.41. The summed E-state index contributed by atoms with van der Waals surface area (Å²) < 4.78 is 8.41. The fourth-order valence-corrected chi connectivity index (χ4v) is 2.70. The van der Waals surface area contributed by atoms with Gasteiger partial charge in [-0.2, -0.15) is 0 Å². The monoisotopic (exact) mass is 310 g/mol. The van der Waals surface area contributed by atoms with Crippen LogP contribution >= 0.6 is 15.9 Å². The molecule has 0 aliphatic carbocycles. The average Bonchev–Trinajstić information content (AvgIpc) is 2.98. The van der Waals surface area contributed by atoms with Gasteiger partial charge in [0.15, 0.2) is 11.5 Å². The molecule has 1 aliphatic rings. The molecule has 1 fully saturated rings. The highest BCUT2D eigenvalue weighted by atomic mass is 79.9. The quantitative estimate of drug-likeness (QED) is 0.946. The summed E-state index contributed by atoms with van der Waals surface area (Å²) in [4.78, 5) is 8.77. The van der Waals surface area contributed by atoms with E-state index in [2.05, 4.69) is 38.1 Å². The highest BCUT2D eigenvalue weighted by Crippen LogP contribution is 2.21. The maximum absolute atomic E-state index is 5.68. The van der Waals surface area contributed by atoms with Crippen LogP contribution in [-0.2, 0) is 4.74 Å². The minimum absolute atomic E-state index is 0.231. The third-order valence-corrected chi connectivity index (χ3v) is 3.61. The van der Waals surface area contributed by atoms with Crippen LogP contribution in [0.4, 0.5) is 5.82 Å². The lowest BCUT2D eigenvalue weighted by Gasteiger charge is -2.20. The van der Waals surface area contributed by atoms with Gasteiger partial charge in [-0.25, -0.2) is 9.97 Å². The van der Waals surface area contributed by atoms with E-state index >= 15 is 0 Å². The van der Waals surface area contributed by atoms with Gasteiger partial charge in [0.1, 0.15) is 4.60 Å². The molecule has 0 bridgehead atoms. The number of anilines is 1. The van der Waals surface area contributed by atoms with Crippen LogP contribution in [0.15, 0.2) is 23.2 Å². The number of hydrogen-bond donors (Lipinski definition) is 1. The zero-order chi connectivity index (χ0) is 12.5. The SMILES string of the molecule is CC(Nc1nc(Br)cn2ccnc12)C1CCCO1. The molecule has 96 valence electrons. The van der Waals surface area contributed by atoms with E-state index in [1.54, 1.807) is 6.20 Å². The number of ether oxygens (including phenoxy) is 1. The molecule has 2 aromatic rings. The summed E-state index contributed by atoms with van der Waals surface area (Å²) in [5.41, 5.74) is 0.836. The van der Waals surface area contributed by atoms with Crippen molar-refractivity contribution in [1.29, 1.82) is 0 Å². The van der Waals surface area contributed by atoms with Crippen LogP contribution < -0.4 is 5.32 Å². The second kappa shape index (κ2) is 4.85. The molecular weight excluding hydrogens is 296 g/mol. The molecule has 3 rings (SSSR count). The Morgan fingerprint density at radius 3 is 3.28 bits per heavy atom. The van der Waals surface area contributed by atoms with Gasteiger partial charge in [-0.15, -0.1) is 0 Å². The number of rotatable bonds is 3. The van der Waals surface area contributed by atoms with Crippen LogP contribution in [0.5, 0.6) is 0 Å². The lowest BCUT2D eigenvalue weighted by atomic mass is 10.1. The number of nitrogens with one attached hydrogen (secondary N) is 1. The van der Waals surface area contributed by atoms with Crippen molar-refractivity contribution in [3.8, 4) is 0 Å². The molecule has 1 N–H and O–H groups in total. The Bertz CT molecular complexity index is 550. The maximum atomic E-state index is 5.68. The Kier molecular flexibility index (Phi) is 3.22. The third-order valence-electron chi connectivity index (χ3n) is 3.23. The van der Waals surface area contributed by atoms with Gasteiger partial charge in [0, 0.05) is 25.2 Å². The minimum atomic E-state index is 0.231. The molecule has 6 heteroatoms. The number of halogens is 1. The highest BCUT2D eigenvalue weighted by Gasteiger charge is 2.23. The van der Waals surface area contributed by atoms with Crippen LogP contribution in [0.1, 0.15) is 19.8 Å². The zero-order valence-electron chi connectivity index (χ0n) is 10.1. The molecule has 1 saturated heterocycles. The number of imidazole rings is 1. The van der Waals surface area contributed by atoms with Crippen molar-refractivity contribution in [3.63, 3.8) is 0 Å². The van der Waals surface area contributed by atoms with Gasteiger partial charge in [-0.1, -0.05) is 0 Å². The lowest BCUT2D eigenvalue weighted by molar-refractivity contribution is 0.0996. The number of aromatic nitrogens is 3. The van der Waals surface area contributed by atoms with Gasteiger partial charge in [0.25, 0.3) is 0 Å². The summed E-state index contributed by atoms with van der Waals surface area (Å²) in [6.07, 6.45) is 8.08. The maximum Gasteiger partial charge on any atom is 0.180 e. The van der Waals surface area contributed by atoms with Crippen molar-refractivity contribution in [1.82, 2.24) is 14.4 Å². The molecule has 2 aromatic heterocycles. The first-order valence-corrected chi connectivity index (χ1v) is 6.90. The molecule has 0 spiro atoms. The van der Waals surface area contributed by atoms with Crippen molar-refractivity contribution in [3.05, 3.63) is 23.2 Å². The standard InChI is InChI=1S/C12H15BrN4O/c1-8(9-3-2-6-18-9)15-11-12-14-4-5-17(12)7-10(13)16-11/h4-5,7-9H,2-3,6H2,1H3,(H,15,16). The Morgan fingerprint density at radius 2 is 2.50 bits per heavy atom. The Hall–Kier alpha value is -1.14. The van der Waals surface area contributed by atoms with Crippen molar-refractivity contribution in [2.45, 2.75) is 31.9 Å². The normalized spacial score (nSPS) is 21.3. The second-order valence-electron chi connectivity index (χ2n) is 4.55. The van der Waals surface area contributed by atoms with E-state index in [9.17, 15) is 0 Å². The fraction of sp³-hybridized carbons (Fsp3) is 0.500. The summed E-state index contributed by atoms with van der Waals surface area (Å²) in [5.74, 6) is 0.789. The molecule has 18 heavy (non-hydrogen) atoms.